The molecule has 15 heavy (non-hydrogen) atoms. The predicted molar refractivity (Wildman–Crippen MR) is 59.7 cm³/mol. The van der Waals surface area contributed by atoms with Crippen LogP contribution in [0.3, 0.4) is 0 Å². The van der Waals surface area contributed by atoms with E-state index < -0.39 is 0 Å². The third-order valence-electron chi connectivity index (χ3n) is 2.86. The monoisotopic (exact) mass is 200 g/mol. The van der Waals surface area contributed by atoms with Crippen molar-refractivity contribution in [1.82, 2.24) is 0 Å². The normalized spacial score (nSPS) is 13.7. The summed E-state index contributed by atoms with van der Waals surface area (Å²) in [5.41, 5.74) is 1.30. The first kappa shape index (κ1) is 8.60. The molecule has 0 aromatic heterocycles. The van der Waals surface area contributed by atoms with E-state index in [-0.39, 0.29) is 0 Å². The van der Waals surface area contributed by atoms with Crippen LogP contribution in [-0.4, -0.2) is 13.7 Å². The second kappa shape index (κ2) is 3.16. The van der Waals surface area contributed by atoms with Gasteiger partial charge in [-0.25, -0.2) is 0 Å². The molecular weight excluding hydrogens is 188 g/mol. The Kier molecular flexibility index (Phi) is 1.81. The van der Waals surface area contributed by atoms with Gasteiger partial charge >= 0.3 is 0 Å². The fourth-order valence-electron chi connectivity index (χ4n) is 2.03. The van der Waals surface area contributed by atoms with Crippen LogP contribution >= 0.6 is 0 Å². The van der Waals surface area contributed by atoms with Crippen LogP contribution < -0.4 is 9.47 Å². The fourth-order valence-corrected chi connectivity index (χ4v) is 2.03. The first-order chi connectivity index (χ1) is 7.36. The van der Waals surface area contributed by atoms with Gasteiger partial charge in [0.15, 0.2) is 0 Å². The van der Waals surface area contributed by atoms with E-state index in [1.165, 1.54) is 16.3 Å². The topological polar surface area (TPSA) is 18.5 Å². The average Bonchev–Trinajstić information content (AvgIpc) is 2.72. The smallest absolute Gasteiger partial charge is 0.123 e. The van der Waals surface area contributed by atoms with Crippen molar-refractivity contribution in [2.24, 2.45) is 0 Å². The van der Waals surface area contributed by atoms with Crippen LogP contribution in [0.15, 0.2) is 30.3 Å². The van der Waals surface area contributed by atoms with E-state index in [1.54, 1.807) is 7.11 Å². The summed E-state index contributed by atoms with van der Waals surface area (Å²) in [5, 5.41) is 2.43. The second-order valence-corrected chi connectivity index (χ2v) is 3.77. The lowest BCUT2D eigenvalue weighted by molar-refractivity contribution is 0.357. The summed E-state index contributed by atoms with van der Waals surface area (Å²) in [6.45, 7) is 0.808. The van der Waals surface area contributed by atoms with Gasteiger partial charge in [-0.15, -0.1) is 0 Å². The van der Waals surface area contributed by atoms with Crippen molar-refractivity contribution in [3.8, 4) is 11.5 Å². The first-order valence-electron chi connectivity index (χ1n) is 5.10. The van der Waals surface area contributed by atoms with E-state index in [1.807, 2.05) is 6.07 Å². The van der Waals surface area contributed by atoms with Crippen LogP contribution in [0.4, 0.5) is 0 Å². The number of hydrogen-bond donors (Lipinski definition) is 0. The van der Waals surface area contributed by atoms with Gasteiger partial charge in [-0.1, -0.05) is 6.07 Å². The van der Waals surface area contributed by atoms with Crippen molar-refractivity contribution in [2.45, 2.75) is 6.42 Å². The maximum Gasteiger partial charge on any atom is 0.123 e. The summed E-state index contributed by atoms with van der Waals surface area (Å²) in [6, 6.07) is 10.4. The molecule has 0 spiro atoms. The van der Waals surface area contributed by atoms with Crippen LogP contribution in [0.2, 0.25) is 0 Å². The Hall–Kier alpha value is -1.70. The lowest BCUT2D eigenvalue weighted by Gasteiger charge is -2.05. The van der Waals surface area contributed by atoms with Gasteiger partial charge in [-0.3, -0.25) is 0 Å². The minimum Gasteiger partial charge on any atom is -0.497 e. The Bertz CT molecular complexity index is 517. The zero-order chi connectivity index (χ0) is 10.3. The van der Waals surface area contributed by atoms with Crippen LogP contribution in [-0.2, 0) is 6.42 Å². The van der Waals surface area contributed by atoms with Gasteiger partial charge in [0, 0.05) is 6.42 Å². The number of methoxy groups -OCH3 is 1. The summed E-state index contributed by atoms with van der Waals surface area (Å²) < 4.78 is 10.7. The average molecular weight is 200 g/mol. The van der Waals surface area contributed by atoms with Crippen LogP contribution in [0, 0.1) is 0 Å². The van der Waals surface area contributed by atoms with Crippen molar-refractivity contribution in [2.75, 3.05) is 13.7 Å². The molecule has 2 heteroatoms. The Balaban J connectivity index is 2.24. The molecule has 76 valence electrons. The summed E-state index contributed by atoms with van der Waals surface area (Å²) >= 11 is 0. The number of fused-ring (bicyclic) bond motifs is 2. The van der Waals surface area contributed by atoms with E-state index in [4.69, 9.17) is 9.47 Å². The zero-order valence-corrected chi connectivity index (χ0v) is 8.62. The molecule has 0 aliphatic carbocycles. The number of rotatable bonds is 1. The molecule has 0 saturated carbocycles. The standard InChI is InChI=1S/C13H12O2/c1-14-12-3-2-9-8-13-10(4-5-15-13)6-11(9)7-12/h2-3,6-8H,4-5H2,1H3. The molecule has 0 bridgehead atoms. The molecule has 3 rings (SSSR count). The minimum absolute atomic E-state index is 0.808. The third kappa shape index (κ3) is 1.33. The van der Waals surface area contributed by atoms with Gasteiger partial charge in [0.25, 0.3) is 0 Å². The van der Waals surface area contributed by atoms with Crippen LogP contribution in [0.5, 0.6) is 11.5 Å². The molecule has 0 amide bonds. The summed E-state index contributed by atoms with van der Waals surface area (Å²) in [4.78, 5) is 0. The molecule has 1 aliphatic rings. The van der Waals surface area contributed by atoms with E-state index in [0.29, 0.717) is 0 Å². The molecular formula is C13H12O2. The van der Waals surface area contributed by atoms with E-state index in [2.05, 4.69) is 24.3 Å². The van der Waals surface area contributed by atoms with Crippen molar-refractivity contribution in [3.05, 3.63) is 35.9 Å². The molecule has 1 heterocycles. The van der Waals surface area contributed by atoms with Gasteiger partial charge in [-0.2, -0.15) is 0 Å². The van der Waals surface area contributed by atoms with Crippen molar-refractivity contribution >= 4 is 10.8 Å². The molecule has 0 fully saturated rings. The van der Waals surface area contributed by atoms with Crippen LogP contribution in [0.25, 0.3) is 10.8 Å². The predicted octanol–water partition coefficient (Wildman–Crippen LogP) is 2.78. The molecule has 0 radical (unpaired) electrons. The molecule has 2 aromatic carbocycles. The lowest BCUT2D eigenvalue weighted by Crippen LogP contribution is -1.85. The molecule has 0 saturated heterocycles. The number of ether oxygens (including phenoxy) is 2. The molecule has 1 aliphatic heterocycles. The minimum atomic E-state index is 0.808. The molecule has 0 unspecified atom stereocenters. The third-order valence-corrected chi connectivity index (χ3v) is 2.86. The SMILES string of the molecule is COc1ccc2cc3c(cc2c1)CCO3. The van der Waals surface area contributed by atoms with Gasteiger partial charge in [0.1, 0.15) is 11.5 Å². The summed E-state index contributed by atoms with van der Waals surface area (Å²) in [5.74, 6) is 1.94. The second-order valence-electron chi connectivity index (χ2n) is 3.77. The molecule has 0 atom stereocenters. The van der Waals surface area contributed by atoms with Gasteiger partial charge < -0.3 is 9.47 Å². The molecule has 2 aromatic rings. The van der Waals surface area contributed by atoms with Crippen molar-refractivity contribution in [1.29, 1.82) is 0 Å². The molecule has 0 N–H and O–H groups in total. The van der Waals surface area contributed by atoms with Crippen LogP contribution in [0.1, 0.15) is 5.56 Å². The largest absolute Gasteiger partial charge is 0.497 e. The highest BCUT2D eigenvalue weighted by atomic mass is 16.5. The maximum absolute atomic E-state index is 5.53. The first-order valence-corrected chi connectivity index (χ1v) is 5.10. The fraction of sp³-hybridized carbons (Fsp3) is 0.231. The lowest BCUT2D eigenvalue weighted by atomic mass is 10.1. The van der Waals surface area contributed by atoms with E-state index in [0.717, 1.165) is 24.5 Å². The highest BCUT2D eigenvalue weighted by Gasteiger charge is 2.12. The molecule has 2 nitrogen and oxygen atoms in total. The number of benzene rings is 2. The highest BCUT2D eigenvalue weighted by molar-refractivity contribution is 5.86. The van der Waals surface area contributed by atoms with E-state index >= 15 is 0 Å². The van der Waals surface area contributed by atoms with Gasteiger partial charge in [-0.05, 0) is 40.6 Å². The quantitative estimate of drug-likeness (QED) is 0.704. The highest BCUT2D eigenvalue weighted by Crippen LogP contribution is 2.31. The van der Waals surface area contributed by atoms with Crippen molar-refractivity contribution in [3.63, 3.8) is 0 Å². The van der Waals surface area contributed by atoms with Gasteiger partial charge in [0.2, 0.25) is 0 Å². The van der Waals surface area contributed by atoms with Crippen molar-refractivity contribution < 1.29 is 9.47 Å². The van der Waals surface area contributed by atoms with E-state index in [9.17, 15) is 0 Å². The number of hydrogen-bond acceptors (Lipinski definition) is 2. The Labute approximate surface area is 88.4 Å². The summed E-state index contributed by atoms with van der Waals surface area (Å²) in [7, 11) is 1.69. The zero-order valence-electron chi connectivity index (χ0n) is 8.62. The Morgan fingerprint density at radius 1 is 1.13 bits per heavy atom. The van der Waals surface area contributed by atoms with Gasteiger partial charge in [0.05, 0.1) is 13.7 Å². The maximum atomic E-state index is 5.53. The Morgan fingerprint density at radius 3 is 2.93 bits per heavy atom. The Morgan fingerprint density at radius 2 is 2.07 bits per heavy atom. The summed E-state index contributed by atoms with van der Waals surface area (Å²) in [6.07, 6.45) is 1.02.